The lowest BCUT2D eigenvalue weighted by molar-refractivity contribution is -0.117. The number of aromatic nitrogens is 1. The van der Waals surface area contributed by atoms with Crippen molar-refractivity contribution in [3.05, 3.63) is 47.7 Å². The van der Waals surface area contributed by atoms with Crippen molar-refractivity contribution in [1.29, 1.82) is 0 Å². The van der Waals surface area contributed by atoms with E-state index in [1.165, 1.54) is 5.56 Å². The topological polar surface area (TPSA) is 82.8 Å². The number of hydrogen-bond donors (Lipinski definition) is 2. The molecule has 7 heteroatoms. The van der Waals surface area contributed by atoms with E-state index in [1.54, 1.807) is 13.2 Å². The predicted octanol–water partition coefficient (Wildman–Crippen LogP) is 2.23. The van der Waals surface area contributed by atoms with Crippen LogP contribution in [0.25, 0.3) is 0 Å². The third-order valence-electron chi connectivity index (χ3n) is 4.52. The molecule has 2 heterocycles. The number of rotatable bonds is 4. The maximum absolute atomic E-state index is 12.6. The van der Waals surface area contributed by atoms with E-state index < -0.39 is 0 Å². The highest BCUT2D eigenvalue weighted by molar-refractivity contribution is 5.98. The molecule has 0 atom stereocenters. The van der Waals surface area contributed by atoms with E-state index in [0.29, 0.717) is 18.4 Å². The van der Waals surface area contributed by atoms with Crippen molar-refractivity contribution in [1.82, 2.24) is 15.6 Å². The summed E-state index contributed by atoms with van der Waals surface area (Å²) in [5.41, 5.74) is 2.14. The molecular weight excluding hydrogens is 342 g/mol. The minimum Gasteiger partial charge on any atom is -0.443 e. The number of nitrogens with zero attached hydrogens (tertiary/aromatic N) is 3. The fourth-order valence-corrected chi connectivity index (χ4v) is 2.97. The molecule has 0 aliphatic carbocycles. The summed E-state index contributed by atoms with van der Waals surface area (Å²) in [6.45, 7) is 7.52. The van der Waals surface area contributed by atoms with Crippen molar-refractivity contribution in [2.24, 2.45) is 4.99 Å². The fourth-order valence-electron chi connectivity index (χ4n) is 2.97. The molecule has 0 spiro atoms. The van der Waals surface area contributed by atoms with E-state index in [4.69, 9.17) is 4.42 Å². The summed E-state index contributed by atoms with van der Waals surface area (Å²) in [7, 11) is 1.67. The van der Waals surface area contributed by atoms with E-state index in [-0.39, 0.29) is 17.9 Å². The first-order valence-corrected chi connectivity index (χ1v) is 9.16. The standard InChI is InChI=1S/C20H27N5O2/c1-20(2,3)16-11-22-17(27-16)12-23-19(21-4)24-13-18(26)25-10-9-14-7-5-6-8-15(14)25/h5-8,11H,9-10,12-13H2,1-4H3,(H2,21,23,24). The molecule has 0 saturated heterocycles. The minimum absolute atomic E-state index is 0.0223. The molecule has 7 nitrogen and oxygen atoms in total. The Kier molecular flexibility index (Phi) is 5.48. The molecule has 3 rings (SSSR count). The molecule has 1 aromatic heterocycles. The van der Waals surface area contributed by atoms with E-state index in [9.17, 15) is 4.79 Å². The Morgan fingerprint density at radius 1 is 1.30 bits per heavy atom. The van der Waals surface area contributed by atoms with Gasteiger partial charge < -0.3 is 20.0 Å². The number of nitrogens with one attached hydrogen (secondary N) is 2. The second kappa shape index (κ2) is 7.82. The van der Waals surface area contributed by atoms with Crippen LogP contribution in [0.4, 0.5) is 5.69 Å². The number of amides is 1. The number of benzene rings is 1. The van der Waals surface area contributed by atoms with Crippen molar-refractivity contribution in [2.75, 3.05) is 25.0 Å². The summed E-state index contributed by atoms with van der Waals surface area (Å²) >= 11 is 0. The highest BCUT2D eigenvalue weighted by Crippen LogP contribution is 2.27. The Bertz CT molecular complexity index is 835. The van der Waals surface area contributed by atoms with Crippen LogP contribution in [0, 0.1) is 0 Å². The number of para-hydroxylation sites is 1. The Labute approximate surface area is 159 Å². The van der Waals surface area contributed by atoms with E-state index in [0.717, 1.165) is 24.4 Å². The second-order valence-corrected chi connectivity index (χ2v) is 7.57. The summed E-state index contributed by atoms with van der Waals surface area (Å²) in [6, 6.07) is 8.02. The highest BCUT2D eigenvalue weighted by Gasteiger charge is 2.24. The third-order valence-corrected chi connectivity index (χ3v) is 4.52. The largest absolute Gasteiger partial charge is 0.443 e. The van der Waals surface area contributed by atoms with Gasteiger partial charge in [0.15, 0.2) is 5.96 Å². The maximum Gasteiger partial charge on any atom is 0.246 e. The summed E-state index contributed by atoms with van der Waals surface area (Å²) in [6.07, 6.45) is 2.65. The molecule has 0 unspecified atom stereocenters. The van der Waals surface area contributed by atoms with Crippen LogP contribution in [0.3, 0.4) is 0 Å². The van der Waals surface area contributed by atoms with Crippen molar-refractivity contribution < 1.29 is 9.21 Å². The number of hydrogen-bond acceptors (Lipinski definition) is 4. The first kappa shape index (κ1) is 18.9. The minimum atomic E-state index is -0.0797. The lowest BCUT2D eigenvalue weighted by Gasteiger charge is -2.18. The summed E-state index contributed by atoms with van der Waals surface area (Å²) in [5.74, 6) is 1.98. The normalized spacial score (nSPS) is 14.2. The van der Waals surface area contributed by atoms with Gasteiger partial charge in [-0.3, -0.25) is 9.79 Å². The summed E-state index contributed by atoms with van der Waals surface area (Å²) in [5, 5.41) is 6.19. The average Bonchev–Trinajstić information content (AvgIpc) is 3.28. The third kappa shape index (κ3) is 4.48. The fraction of sp³-hybridized carbons (Fsp3) is 0.450. The van der Waals surface area contributed by atoms with Gasteiger partial charge in [-0.15, -0.1) is 0 Å². The van der Waals surface area contributed by atoms with Gasteiger partial charge in [-0.1, -0.05) is 39.0 Å². The molecule has 1 aliphatic rings. The van der Waals surface area contributed by atoms with Crippen LogP contribution in [0.5, 0.6) is 0 Å². The van der Waals surface area contributed by atoms with Crippen LogP contribution < -0.4 is 15.5 Å². The van der Waals surface area contributed by atoms with Crippen LogP contribution in [0.15, 0.2) is 39.9 Å². The Balaban J connectivity index is 1.51. The van der Waals surface area contributed by atoms with Gasteiger partial charge in [-0.05, 0) is 18.1 Å². The van der Waals surface area contributed by atoms with Gasteiger partial charge in [0.25, 0.3) is 0 Å². The van der Waals surface area contributed by atoms with Gasteiger partial charge in [-0.25, -0.2) is 4.98 Å². The van der Waals surface area contributed by atoms with Crippen molar-refractivity contribution in [2.45, 2.75) is 39.2 Å². The summed E-state index contributed by atoms with van der Waals surface area (Å²) in [4.78, 5) is 22.8. The quantitative estimate of drug-likeness (QED) is 0.638. The molecule has 1 amide bonds. The molecule has 2 N–H and O–H groups in total. The van der Waals surface area contributed by atoms with Crippen LogP contribution in [0.1, 0.15) is 38.0 Å². The zero-order valence-electron chi connectivity index (χ0n) is 16.4. The molecule has 1 aliphatic heterocycles. The van der Waals surface area contributed by atoms with Gasteiger partial charge in [0.05, 0.1) is 19.3 Å². The van der Waals surface area contributed by atoms with Crippen LogP contribution >= 0.6 is 0 Å². The highest BCUT2D eigenvalue weighted by atomic mass is 16.4. The molecule has 0 saturated carbocycles. The SMILES string of the molecule is CN=C(NCC(=O)N1CCc2ccccc21)NCc1ncc(C(C)(C)C)o1. The molecule has 144 valence electrons. The van der Waals surface area contributed by atoms with Crippen molar-refractivity contribution in [3.8, 4) is 0 Å². The van der Waals surface area contributed by atoms with Crippen molar-refractivity contribution >= 4 is 17.6 Å². The lowest BCUT2D eigenvalue weighted by atomic mass is 9.94. The number of aliphatic imine (C=N–C) groups is 1. The Morgan fingerprint density at radius 2 is 2.07 bits per heavy atom. The Morgan fingerprint density at radius 3 is 2.78 bits per heavy atom. The van der Waals surface area contributed by atoms with E-state index in [1.807, 2.05) is 23.1 Å². The zero-order valence-corrected chi connectivity index (χ0v) is 16.4. The molecular formula is C20H27N5O2. The monoisotopic (exact) mass is 369 g/mol. The lowest BCUT2D eigenvalue weighted by Crippen LogP contribution is -2.44. The van der Waals surface area contributed by atoms with Gasteiger partial charge in [-0.2, -0.15) is 0 Å². The number of carbonyl (C=O) groups excluding carboxylic acids is 1. The number of anilines is 1. The number of guanidine groups is 1. The van der Waals surface area contributed by atoms with E-state index in [2.05, 4.69) is 47.4 Å². The van der Waals surface area contributed by atoms with Gasteiger partial charge in [0.2, 0.25) is 11.8 Å². The molecule has 0 radical (unpaired) electrons. The van der Waals surface area contributed by atoms with Crippen LogP contribution in [0.2, 0.25) is 0 Å². The van der Waals surface area contributed by atoms with E-state index >= 15 is 0 Å². The molecule has 0 bridgehead atoms. The molecule has 2 aromatic rings. The van der Waals surface area contributed by atoms with Gasteiger partial charge in [0.1, 0.15) is 5.76 Å². The second-order valence-electron chi connectivity index (χ2n) is 7.57. The summed E-state index contributed by atoms with van der Waals surface area (Å²) < 4.78 is 5.76. The predicted molar refractivity (Wildman–Crippen MR) is 106 cm³/mol. The average molecular weight is 369 g/mol. The Hall–Kier alpha value is -2.83. The van der Waals surface area contributed by atoms with Crippen molar-refractivity contribution in [3.63, 3.8) is 0 Å². The van der Waals surface area contributed by atoms with Crippen LogP contribution in [-0.4, -0.2) is 37.0 Å². The zero-order chi connectivity index (χ0) is 19.4. The molecule has 0 fully saturated rings. The molecule has 27 heavy (non-hydrogen) atoms. The van der Waals surface area contributed by atoms with Gasteiger partial charge >= 0.3 is 0 Å². The number of oxazole rings is 1. The number of carbonyl (C=O) groups is 1. The van der Waals surface area contributed by atoms with Crippen LogP contribution in [-0.2, 0) is 23.2 Å². The maximum atomic E-state index is 12.6. The first-order chi connectivity index (χ1) is 12.9. The van der Waals surface area contributed by atoms with Gasteiger partial charge in [0, 0.05) is 24.7 Å². The number of fused-ring (bicyclic) bond motifs is 1. The molecule has 1 aromatic carbocycles. The first-order valence-electron chi connectivity index (χ1n) is 9.16. The smallest absolute Gasteiger partial charge is 0.246 e.